The molecule has 1 aliphatic rings. The Morgan fingerprint density at radius 2 is 2.38 bits per heavy atom. The lowest BCUT2D eigenvalue weighted by molar-refractivity contribution is 0.741. The summed E-state index contributed by atoms with van der Waals surface area (Å²) < 4.78 is 0. The maximum atomic E-state index is 3.95. The molecule has 0 nitrogen and oxygen atoms in total. The van der Waals surface area contributed by atoms with Crippen molar-refractivity contribution in [3.63, 3.8) is 0 Å². The maximum Gasteiger partial charge on any atom is -0.0159 e. The fraction of sp³-hybridized carbons (Fsp3) is 0.500. The highest BCUT2D eigenvalue weighted by Gasteiger charge is 2.12. The van der Waals surface area contributed by atoms with Gasteiger partial charge < -0.3 is 0 Å². The molecule has 0 amide bonds. The molecule has 1 aliphatic carbocycles. The Morgan fingerprint density at radius 1 is 1.75 bits per heavy atom. The molecule has 1 unspecified atom stereocenters. The van der Waals surface area contributed by atoms with Gasteiger partial charge >= 0.3 is 0 Å². The molecule has 0 saturated heterocycles. The van der Waals surface area contributed by atoms with Gasteiger partial charge in [-0.3, -0.25) is 0 Å². The summed E-state index contributed by atoms with van der Waals surface area (Å²) in [5.41, 5.74) is 2.71. The van der Waals surface area contributed by atoms with Crippen molar-refractivity contribution in [3.8, 4) is 0 Å². The standard InChI is InChI=1S/C8H12/c1-6-4-5-7(2)8(6)3/h4,7H,3,5H2,1-2H3. The Balaban J connectivity index is 2.73. The molecule has 1 rings (SSSR count). The van der Waals surface area contributed by atoms with Crippen LogP contribution in [0.5, 0.6) is 0 Å². The molecule has 0 heterocycles. The average molecular weight is 108 g/mol. The van der Waals surface area contributed by atoms with Gasteiger partial charge in [-0.25, -0.2) is 0 Å². The predicted molar refractivity (Wildman–Crippen MR) is 36.7 cm³/mol. The van der Waals surface area contributed by atoms with Crippen LogP contribution in [0, 0.1) is 5.92 Å². The van der Waals surface area contributed by atoms with Crippen molar-refractivity contribution in [1.82, 2.24) is 0 Å². The molecular weight excluding hydrogens is 96.1 g/mol. The van der Waals surface area contributed by atoms with Crippen LogP contribution in [0.3, 0.4) is 0 Å². The Hall–Kier alpha value is -0.520. The van der Waals surface area contributed by atoms with E-state index in [1.165, 1.54) is 17.6 Å². The van der Waals surface area contributed by atoms with E-state index in [1.807, 2.05) is 0 Å². The predicted octanol–water partition coefficient (Wildman–Crippen LogP) is 2.53. The van der Waals surface area contributed by atoms with Gasteiger partial charge in [0.05, 0.1) is 0 Å². The van der Waals surface area contributed by atoms with Crippen LogP contribution < -0.4 is 0 Å². The third-order valence-corrected chi connectivity index (χ3v) is 1.88. The highest BCUT2D eigenvalue weighted by atomic mass is 14.2. The average Bonchev–Trinajstić information content (AvgIpc) is 1.98. The summed E-state index contributed by atoms with van der Waals surface area (Å²) in [6, 6.07) is 0. The van der Waals surface area contributed by atoms with E-state index >= 15 is 0 Å². The molecule has 8 heavy (non-hydrogen) atoms. The van der Waals surface area contributed by atoms with Crippen molar-refractivity contribution >= 4 is 0 Å². The summed E-state index contributed by atoms with van der Waals surface area (Å²) in [4.78, 5) is 0. The van der Waals surface area contributed by atoms with Crippen LogP contribution in [0.2, 0.25) is 0 Å². The van der Waals surface area contributed by atoms with Gasteiger partial charge in [-0.05, 0) is 24.8 Å². The molecule has 0 saturated carbocycles. The largest absolute Gasteiger partial charge is 0.0953 e. The summed E-state index contributed by atoms with van der Waals surface area (Å²) in [5, 5.41) is 0. The summed E-state index contributed by atoms with van der Waals surface area (Å²) in [6.07, 6.45) is 3.46. The lowest BCUT2D eigenvalue weighted by Crippen LogP contribution is -1.88. The molecule has 0 bridgehead atoms. The molecule has 1 atom stereocenters. The summed E-state index contributed by atoms with van der Waals surface area (Å²) in [5.74, 6) is 0.704. The van der Waals surface area contributed by atoms with E-state index in [4.69, 9.17) is 0 Å². The summed E-state index contributed by atoms with van der Waals surface area (Å²) in [6.45, 7) is 8.30. The lowest BCUT2D eigenvalue weighted by atomic mass is 10.0. The van der Waals surface area contributed by atoms with Gasteiger partial charge in [0.15, 0.2) is 0 Å². The molecule has 0 heteroatoms. The Morgan fingerprint density at radius 3 is 2.50 bits per heavy atom. The Kier molecular flexibility index (Phi) is 1.24. The normalized spacial score (nSPS) is 28.5. The molecule has 0 fully saturated rings. The molecule has 0 N–H and O–H groups in total. The smallest absolute Gasteiger partial charge is 0.0159 e. The van der Waals surface area contributed by atoms with Crippen LogP contribution >= 0.6 is 0 Å². The molecule has 0 aromatic rings. The van der Waals surface area contributed by atoms with Crippen molar-refractivity contribution < 1.29 is 0 Å². The van der Waals surface area contributed by atoms with Crippen LogP contribution in [-0.2, 0) is 0 Å². The van der Waals surface area contributed by atoms with E-state index < -0.39 is 0 Å². The monoisotopic (exact) mass is 108 g/mol. The van der Waals surface area contributed by atoms with Crippen molar-refractivity contribution in [1.29, 1.82) is 0 Å². The van der Waals surface area contributed by atoms with E-state index in [1.54, 1.807) is 0 Å². The first kappa shape index (κ1) is 5.61. The maximum absolute atomic E-state index is 3.95. The van der Waals surface area contributed by atoms with Gasteiger partial charge in [-0.2, -0.15) is 0 Å². The topological polar surface area (TPSA) is 0 Å². The first-order chi connectivity index (χ1) is 3.72. The molecule has 0 aromatic heterocycles. The zero-order valence-corrected chi connectivity index (χ0v) is 5.57. The van der Waals surface area contributed by atoms with Gasteiger partial charge in [0, 0.05) is 0 Å². The van der Waals surface area contributed by atoms with Gasteiger partial charge in [-0.1, -0.05) is 25.2 Å². The van der Waals surface area contributed by atoms with Crippen LogP contribution in [0.4, 0.5) is 0 Å². The van der Waals surface area contributed by atoms with E-state index in [2.05, 4.69) is 26.5 Å². The van der Waals surface area contributed by atoms with Crippen molar-refractivity contribution in [3.05, 3.63) is 23.8 Å². The fourth-order valence-corrected chi connectivity index (χ4v) is 1.02. The molecule has 0 aromatic carbocycles. The van der Waals surface area contributed by atoms with Crippen molar-refractivity contribution in [2.75, 3.05) is 0 Å². The number of allylic oxidation sites excluding steroid dienone is 3. The number of rotatable bonds is 0. The zero-order valence-electron chi connectivity index (χ0n) is 5.57. The number of hydrogen-bond acceptors (Lipinski definition) is 0. The molecule has 0 aliphatic heterocycles. The first-order valence-corrected chi connectivity index (χ1v) is 3.07. The SMILES string of the molecule is C=C1C(C)=CCC1C. The Bertz CT molecular complexity index is 140. The van der Waals surface area contributed by atoms with Crippen LogP contribution in [-0.4, -0.2) is 0 Å². The summed E-state index contributed by atoms with van der Waals surface area (Å²) >= 11 is 0. The fourth-order valence-electron chi connectivity index (χ4n) is 1.02. The first-order valence-electron chi connectivity index (χ1n) is 3.07. The molecule has 0 radical (unpaired) electrons. The third-order valence-electron chi connectivity index (χ3n) is 1.88. The van der Waals surface area contributed by atoms with Gasteiger partial charge in [0.2, 0.25) is 0 Å². The van der Waals surface area contributed by atoms with Crippen LogP contribution in [0.25, 0.3) is 0 Å². The lowest BCUT2D eigenvalue weighted by Gasteiger charge is -2.01. The van der Waals surface area contributed by atoms with Gasteiger partial charge in [0.25, 0.3) is 0 Å². The Labute approximate surface area is 50.9 Å². The van der Waals surface area contributed by atoms with Gasteiger partial charge in [-0.15, -0.1) is 0 Å². The second kappa shape index (κ2) is 1.77. The highest BCUT2D eigenvalue weighted by Crippen LogP contribution is 2.28. The third kappa shape index (κ3) is 0.706. The highest BCUT2D eigenvalue weighted by molar-refractivity contribution is 5.33. The molecule has 44 valence electrons. The van der Waals surface area contributed by atoms with E-state index in [0.717, 1.165) is 0 Å². The van der Waals surface area contributed by atoms with Gasteiger partial charge in [0.1, 0.15) is 0 Å². The van der Waals surface area contributed by atoms with Crippen LogP contribution in [0.1, 0.15) is 20.3 Å². The molecular formula is C8H12. The second-order valence-corrected chi connectivity index (χ2v) is 2.55. The van der Waals surface area contributed by atoms with E-state index in [9.17, 15) is 0 Å². The minimum Gasteiger partial charge on any atom is -0.0953 e. The summed E-state index contributed by atoms with van der Waals surface area (Å²) in [7, 11) is 0. The number of hydrogen-bond donors (Lipinski definition) is 0. The van der Waals surface area contributed by atoms with E-state index in [-0.39, 0.29) is 0 Å². The molecule has 0 spiro atoms. The van der Waals surface area contributed by atoms with Crippen molar-refractivity contribution in [2.45, 2.75) is 20.3 Å². The van der Waals surface area contributed by atoms with Crippen LogP contribution in [0.15, 0.2) is 23.8 Å². The minimum atomic E-state index is 0.704. The second-order valence-electron chi connectivity index (χ2n) is 2.55. The minimum absolute atomic E-state index is 0.704. The van der Waals surface area contributed by atoms with E-state index in [0.29, 0.717) is 5.92 Å². The zero-order chi connectivity index (χ0) is 6.15. The van der Waals surface area contributed by atoms with Crippen molar-refractivity contribution in [2.24, 2.45) is 5.92 Å². The quantitative estimate of drug-likeness (QED) is 0.447.